The first-order valence-electron chi connectivity index (χ1n) is 6.87. The van der Waals surface area contributed by atoms with Gasteiger partial charge in [-0.3, -0.25) is 0 Å². The Labute approximate surface area is 144 Å². The predicted molar refractivity (Wildman–Crippen MR) is 78.4 cm³/mol. The van der Waals surface area contributed by atoms with Crippen LogP contribution in [0.2, 0.25) is 0 Å². The van der Waals surface area contributed by atoms with E-state index in [0.29, 0.717) is 5.92 Å². The Morgan fingerprint density at radius 3 is 2.05 bits per heavy atom. The molecule has 3 heteroatoms. The van der Waals surface area contributed by atoms with Crippen LogP contribution in [0.3, 0.4) is 0 Å². The molecule has 0 N–H and O–H groups in total. The third-order valence-electron chi connectivity index (χ3n) is 4.50. The summed E-state index contributed by atoms with van der Waals surface area (Å²) in [7, 11) is 0. The molecule has 0 saturated heterocycles. The van der Waals surface area contributed by atoms with E-state index < -0.39 is 21.3 Å². The van der Waals surface area contributed by atoms with Gasteiger partial charge in [0, 0.05) is 0 Å². The maximum Gasteiger partial charge on any atom is -1.00 e. The molecule has 0 aromatic heterocycles. The van der Waals surface area contributed by atoms with Crippen LogP contribution in [0.5, 0.6) is 0 Å². The molecule has 1 unspecified atom stereocenters. The largest absolute Gasteiger partial charge is 1.00 e. The van der Waals surface area contributed by atoms with E-state index in [1.165, 1.54) is 6.42 Å². The van der Waals surface area contributed by atoms with Crippen molar-refractivity contribution in [2.75, 3.05) is 0 Å². The first-order chi connectivity index (χ1) is 8.45. The minimum Gasteiger partial charge on any atom is -1.00 e. The fourth-order valence-corrected chi connectivity index (χ4v) is 11.3. The molecule has 0 aromatic carbocycles. The summed E-state index contributed by atoms with van der Waals surface area (Å²) in [6.07, 6.45) is 8.18. The first kappa shape index (κ1) is 20.3. The van der Waals surface area contributed by atoms with Gasteiger partial charge in [0.25, 0.3) is 0 Å². The van der Waals surface area contributed by atoms with Gasteiger partial charge in [0.2, 0.25) is 0 Å². The topological polar surface area (TPSA) is 0 Å². The van der Waals surface area contributed by atoms with Gasteiger partial charge in [0.15, 0.2) is 0 Å². The van der Waals surface area contributed by atoms with Crippen LogP contribution in [-0.2, 0) is 21.3 Å². The fourth-order valence-electron chi connectivity index (χ4n) is 3.16. The molecule has 0 radical (unpaired) electrons. The van der Waals surface area contributed by atoms with Gasteiger partial charge in [-0.1, -0.05) is 0 Å². The minimum atomic E-state index is -1.72. The average Bonchev–Trinajstić information content (AvgIpc) is 2.89. The van der Waals surface area contributed by atoms with Crippen LogP contribution in [0.25, 0.3) is 0 Å². The van der Waals surface area contributed by atoms with Crippen molar-refractivity contribution in [3.63, 3.8) is 0 Å². The summed E-state index contributed by atoms with van der Waals surface area (Å²) in [6.45, 7) is 14.1. The van der Waals surface area contributed by atoms with Crippen molar-refractivity contribution in [3.05, 3.63) is 41.5 Å². The molecule has 0 fully saturated rings. The Morgan fingerprint density at radius 1 is 1.10 bits per heavy atom. The first-order valence-corrected chi connectivity index (χ1v) is 10.6. The molecular weight excluding hydrogens is 366 g/mol. The minimum absolute atomic E-state index is 0. The van der Waals surface area contributed by atoms with Gasteiger partial charge in [-0.05, 0) is 0 Å². The molecule has 0 aliphatic heterocycles. The maximum atomic E-state index is 2.41. The molecule has 0 saturated carbocycles. The quantitative estimate of drug-likeness (QED) is 0.563. The second kappa shape index (κ2) is 8.07. The van der Waals surface area contributed by atoms with E-state index in [9.17, 15) is 0 Å². The molecule has 0 bridgehead atoms. The maximum absolute atomic E-state index is 2.41. The van der Waals surface area contributed by atoms with Gasteiger partial charge < -0.3 is 24.8 Å². The predicted octanol–water partition coefficient (Wildman–Crippen LogP) is -1.07. The fraction of sp³-hybridized carbons (Fsp3) is 0.471. The van der Waals surface area contributed by atoms with Crippen molar-refractivity contribution < 1.29 is 46.1 Å². The van der Waals surface area contributed by atoms with Crippen molar-refractivity contribution in [3.8, 4) is 0 Å². The summed E-state index contributed by atoms with van der Waals surface area (Å²) in [5, 5.41) is 0. The number of allylic oxidation sites excluding steroid dienone is 8. The molecular formula is C17H24Cl2Zr. The van der Waals surface area contributed by atoms with Crippen molar-refractivity contribution in [2.24, 2.45) is 5.92 Å². The van der Waals surface area contributed by atoms with E-state index in [-0.39, 0.29) is 24.8 Å². The van der Waals surface area contributed by atoms with Crippen LogP contribution in [-0.4, -0.2) is 3.21 Å². The monoisotopic (exact) mass is 388 g/mol. The van der Waals surface area contributed by atoms with Gasteiger partial charge in [0.05, 0.1) is 0 Å². The number of hydrogen-bond acceptors (Lipinski definition) is 0. The Bertz CT molecular complexity index is 541. The zero-order chi connectivity index (χ0) is 13.4. The summed E-state index contributed by atoms with van der Waals surface area (Å²) in [6, 6.07) is 0. The molecule has 0 amide bonds. The molecule has 0 nitrogen and oxygen atoms in total. The van der Waals surface area contributed by atoms with E-state index in [2.05, 4.69) is 59.8 Å². The molecule has 0 aromatic rings. The normalized spacial score (nSPS) is 20.2. The summed E-state index contributed by atoms with van der Waals surface area (Å²) in [4.78, 5) is 0. The van der Waals surface area contributed by atoms with Crippen LogP contribution in [0, 0.1) is 5.92 Å². The standard InChI is InChI=1S/C9H13.C5H5.C3H6.2ClH.Zr/c1-6-5-7(2)9(4)8(6)3;1-2-4-5-3-1;1-3-2;;;/h6H,1-4H3;1-3H,4H2;1-2H3;2*1H;/q;;;;;+2/p-2. The van der Waals surface area contributed by atoms with Crippen LogP contribution in [0.4, 0.5) is 0 Å². The van der Waals surface area contributed by atoms with E-state index in [4.69, 9.17) is 0 Å². The number of hydrogen-bond donors (Lipinski definition) is 0. The van der Waals surface area contributed by atoms with Gasteiger partial charge in [0.1, 0.15) is 0 Å². The van der Waals surface area contributed by atoms with Crippen molar-refractivity contribution in [1.29, 1.82) is 0 Å². The summed E-state index contributed by atoms with van der Waals surface area (Å²) < 4.78 is 5.32. The summed E-state index contributed by atoms with van der Waals surface area (Å²) >= 11 is -1.72. The zero-order valence-electron chi connectivity index (χ0n) is 13.3. The van der Waals surface area contributed by atoms with Crippen molar-refractivity contribution in [1.82, 2.24) is 0 Å². The van der Waals surface area contributed by atoms with Gasteiger partial charge >= 0.3 is 120 Å². The molecule has 2 rings (SSSR count). The van der Waals surface area contributed by atoms with E-state index >= 15 is 0 Å². The molecule has 0 spiro atoms. The molecule has 1 atom stereocenters. The van der Waals surface area contributed by atoms with Crippen molar-refractivity contribution >= 4 is 3.21 Å². The summed E-state index contributed by atoms with van der Waals surface area (Å²) in [5.74, 6) is 0.691. The number of halogens is 2. The van der Waals surface area contributed by atoms with Gasteiger partial charge in [-0.25, -0.2) is 0 Å². The third kappa shape index (κ3) is 3.54. The number of rotatable bonds is 2. The summed E-state index contributed by atoms with van der Waals surface area (Å²) in [5.41, 5.74) is 4.78. The zero-order valence-corrected chi connectivity index (χ0v) is 17.2. The Morgan fingerprint density at radius 2 is 1.70 bits per heavy atom. The van der Waals surface area contributed by atoms with Gasteiger partial charge in [-0.15, -0.1) is 0 Å². The Hall–Kier alpha value is 0.293. The van der Waals surface area contributed by atoms with Crippen molar-refractivity contribution in [2.45, 2.75) is 48.0 Å². The third-order valence-corrected chi connectivity index (χ3v) is 12.8. The van der Waals surface area contributed by atoms with E-state index in [0.717, 1.165) is 0 Å². The van der Waals surface area contributed by atoms with E-state index in [1.807, 2.05) is 3.28 Å². The van der Waals surface area contributed by atoms with Crippen LogP contribution >= 0.6 is 0 Å². The Kier molecular flexibility index (Phi) is 8.18. The second-order valence-electron chi connectivity index (χ2n) is 5.77. The molecule has 20 heavy (non-hydrogen) atoms. The molecule has 110 valence electrons. The van der Waals surface area contributed by atoms with Crippen LogP contribution in [0.1, 0.15) is 48.0 Å². The molecule has 2 aliphatic carbocycles. The van der Waals surface area contributed by atoms with Gasteiger partial charge in [-0.2, -0.15) is 0 Å². The average molecular weight is 391 g/mol. The Balaban J connectivity index is 0.00000180. The van der Waals surface area contributed by atoms with Crippen LogP contribution < -0.4 is 24.8 Å². The molecule has 2 aliphatic rings. The van der Waals surface area contributed by atoms with Crippen LogP contribution in [0.15, 0.2) is 41.5 Å². The molecule has 0 heterocycles. The van der Waals surface area contributed by atoms with E-state index in [1.54, 1.807) is 23.2 Å². The smallest absolute Gasteiger partial charge is 1.00 e. The SMILES string of the molecule is CC1=C(C)C(C)[C]([Zr+2]([C]2=CC=CC2)=[C](C)C)=C1C.[Cl-].[Cl-]. The second-order valence-corrected chi connectivity index (χ2v) is 13.0.